The van der Waals surface area contributed by atoms with Crippen molar-refractivity contribution in [1.82, 2.24) is 5.01 Å². The predicted octanol–water partition coefficient (Wildman–Crippen LogP) is 5.50. The van der Waals surface area contributed by atoms with Crippen LogP contribution in [0.4, 0.5) is 11.4 Å². The first-order chi connectivity index (χ1) is 15.2. The van der Waals surface area contributed by atoms with Crippen LogP contribution in [0.5, 0.6) is 0 Å². The average Bonchev–Trinajstić information content (AvgIpc) is 2.76. The van der Waals surface area contributed by atoms with Gasteiger partial charge in [0.05, 0.1) is 11.4 Å². The standard InChI is InChI=1S/C29H37BN2/c1-19(2)22-17-23(20(3)4)29(24(18-22)21(5)6)30-25-13-9-11-15-27(25)32(31(7)8)28-16-12-10-14-26(28)30/h9-21H,1-8H3. The number of para-hydroxylation sites is 2. The number of hydrogen-bond donors (Lipinski definition) is 0. The van der Waals surface area contributed by atoms with Crippen LogP contribution in [0.1, 0.15) is 76.0 Å². The van der Waals surface area contributed by atoms with Gasteiger partial charge in [-0.3, -0.25) is 5.01 Å². The van der Waals surface area contributed by atoms with Crippen LogP contribution in [0.2, 0.25) is 0 Å². The molecule has 0 unspecified atom stereocenters. The highest BCUT2D eigenvalue weighted by Crippen LogP contribution is 2.32. The summed E-state index contributed by atoms with van der Waals surface area (Å²) in [6.07, 6.45) is 0. The number of anilines is 2. The van der Waals surface area contributed by atoms with E-state index in [0.29, 0.717) is 17.8 Å². The second kappa shape index (κ2) is 8.79. The van der Waals surface area contributed by atoms with Gasteiger partial charge in [-0.15, -0.1) is 0 Å². The van der Waals surface area contributed by atoms with Gasteiger partial charge in [-0.1, -0.05) is 95.5 Å². The summed E-state index contributed by atoms with van der Waals surface area (Å²) < 4.78 is 0. The number of hydrazine groups is 1. The first-order valence-corrected chi connectivity index (χ1v) is 12.0. The number of nitrogens with zero attached hydrogens (tertiary/aromatic N) is 2. The molecule has 4 rings (SSSR count). The third-order valence-electron chi connectivity index (χ3n) is 6.82. The summed E-state index contributed by atoms with van der Waals surface area (Å²) in [6.45, 7) is 14.2. The zero-order valence-corrected chi connectivity index (χ0v) is 21.0. The van der Waals surface area contributed by atoms with E-state index in [9.17, 15) is 0 Å². The molecule has 0 atom stereocenters. The largest absolute Gasteiger partial charge is 0.276 e. The van der Waals surface area contributed by atoms with Crippen molar-refractivity contribution in [2.75, 3.05) is 19.1 Å². The van der Waals surface area contributed by atoms with Gasteiger partial charge in [0, 0.05) is 14.1 Å². The number of rotatable bonds is 5. The molecule has 1 heterocycles. The van der Waals surface area contributed by atoms with E-state index in [-0.39, 0.29) is 6.71 Å². The second-order valence-electron chi connectivity index (χ2n) is 10.3. The lowest BCUT2D eigenvalue weighted by Gasteiger charge is -2.41. The van der Waals surface area contributed by atoms with Crippen LogP contribution in [-0.4, -0.2) is 25.8 Å². The molecule has 1 aliphatic rings. The Labute approximate surface area is 195 Å². The molecule has 3 heteroatoms. The van der Waals surface area contributed by atoms with Gasteiger partial charge in [0.25, 0.3) is 0 Å². The highest BCUT2D eigenvalue weighted by Gasteiger charge is 2.38. The summed E-state index contributed by atoms with van der Waals surface area (Å²) in [4.78, 5) is 0. The Morgan fingerprint density at radius 3 is 1.47 bits per heavy atom. The molecule has 0 radical (unpaired) electrons. The van der Waals surface area contributed by atoms with Crippen molar-refractivity contribution in [3.63, 3.8) is 0 Å². The third-order valence-corrected chi connectivity index (χ3v) is 6.82. The molecule has 0 saturated heterocycles. The van der Waals surface area contributed by atoms with E-state index in [0.717, 1.165) is 0 Å². The lowest BCUT2D eigenvalue weighted by atomic mass is 9.33. The molecular formula is C29H37BN2. The monoisotopic (exact) mass is 424 g/mol. The topological polar surface area (TPSA) is 6.48 Å². The lowest BCUT2D eigenvalue weighted by molar-refractivity contribution is 0.419. The Morgan fingerprint density at radius 1 is 0.656 bits per heavy atom. The first-order valence-electron chi connectivity index (χ1n) is 12.0. The quantitative estimate of drug-likeness (QED) is 0.499. The van der Waals surface area contributed by atoms with E-state index in [1.54, 1.807) is 0 Å². The fraction of sp³-hybridized carbons (Fsp3) is 0.379. The molecule has 32 heavy (non-hydrogen) atoms. The van der Waals surface area contributed by atoms with E-state index < -0.39 is 0 Å². The van der Waals surface area contributed by atoms with Crippen molar-refractivity contribution < 1.29 is 0 Å². The zero-order chi connectivity index (χ0) is 23.2. The van der Waals surface area contributed by atoms with E-state index in [1.807, 2.05) is 0 Å². The molecular weight excluding hydrogens is 387 g/mol. The number of fused-ring (bicyclic) bond motifs is 2. The van der Waals surface area contributed by atoms with Gasteiger partial charge < -0.3 is 0 Å². The summed E-state index contributed by atoms with van der Waals surface area (Å²) in [5, 5.41) is 4.55. The second-order valence-corrected chi connectivity index (χ2v) is 10.3. The molecule has 0 N–H and O–H groups in total. The Balaban J connectivity index is 2.10. The summed E-state index contributed by atoms with van der Waals surface area (Å²) in [6, 6.07) is 22.9. The maximum atomic E-state index is 2.49. The van der Waals surface area contributed by atoms with E-state index in [4.69, 9.17) is 0 Å². The SMILES string of the molecule is CC(C)c1cc(C(C)C)c(B2c3ccccc3N(N(C)C)c3ccccc32)c(C(C)C)c1. The van der Waals surface area contributed by atoms with Crippen LogP contribution in [0, 0.1) is 0 Å². The summed E-state index contributed by atoms with van der Waals surface area (Å²) in [7, 11) is 4.26. The molecule has 0 fully saturated rings. The van der Waals surface area contributed by atoms with Gasteiger partial charge in [0.1, 0.15) is 0 Å². The smallest absolute Gasteiger partial charge is 0.247 e. The highest BCUT2D eigenvalue weighted by molar-refractivity contribution is 6.98. The summed E-state index contributed by atoms with van der Waals surface area (Å²) in [5.41, 5.74) is 11.3. The van der Waals surface area contributed by atoms with Crippen molar-refractivity contribution in [2.24, 2.45) is 0 Å². The molecule has 0 spiro atoms. The van der Waals surface area contributed by atoms with E-state index in [1.165, 1.54) is 44.5 Å². The van der Waals surface area contributed by atoms with Crippen molar-refractivity contribution in [3.8, 4) is 0 Å². The van der Waals surface area contributed by atoms with Crippen LogP contribution < -0.4 is 21.4 Å². The Kier molecular flexibility index (Phi) is 6.23. The maximum absolute atomic E-state index is 2.49. The molecule has 1 aliphatic heterocycles. The van der Waals surface area contributed by atoms with Crippen molar-refractivity contribution in [1.29, 1.82) is 0 Å². The molecule has 0 aromatic heterocycles. The van der Waals surface area contributed by atoms with E-state index >= 15 is 0 Å². The third kappa shape index (κ3) is 3.77. The zero-order valence-electron chi connectivity index (χ0n) is 21.0. The maximum Gasteiger partial charge on any atom is 0.247 e. The Morgan fingerprint density at radius 2 is 1.09 bits per heavy atom. The normalized spacial score (nSPS) is 13.4. The number of benzene rings is 3. The van der Waals surface area contributed by atoms with Gasteiger partial charge in [0.15, 0.2) is 0 Å². The van der Waals surface area contributed by atoms with Gasteiger partial charge in [-0.25, -0.2) is 5.01 Å². The molecule has 3 aromatic carbocycles. The molecule has 0 amide bonds. The molecule has 0 aliphatic carbocycles. The minimum atomic E-state index is 0.231. The molecule has 166 valence electrons. The summed E-state index contributed by atoms with van der Waals surface area (Å²) in [5.74, 6) is 1.45. The fourth-order valence-corrected chi connectivity index (χ4v) is 5.23. The first kappa shape index (κ1) is 22.7. The molecule has 3 aromatic rings. The van der Waals surface area contributed by atoms with Crippen LogP contribution >= 0.6 is 0 Å². The molecule has 0 bridgehead atoms. The molecule has 2 nitrogen and oxygen atoms in total. The van der Waals surface area contributed by atoms with Gasteiger partial charge >= 0.3 is 0 Å². The summed E-state index contributed by atoms with van der Waals surface area (Å²) >= 11 is 0. The minimum absolute atomic E-state index is 0.231. The van der Waals surface area contributed by atoms with E-state index in [2.05, 4.69) is 126 Å². The van der Waals surface area contributed by atoms with Crippen molar-refractivity contribution >= 4 is 34.5 Å². The van der Waals surface area contributed by atoms with Gasteiger partial charge in [-0.2, -0.15) is 0 Å². The van der Waals surface area contributed by atoms with Gasteiger partial charge in [-0.05, 0) is 57.5 Å². The lowest BCUT2D eigenvalue weighted by Crippen LogP contribution is -2.61. The van der Waals surface area contributed by atoms with Gasteiger partial charge in [0.2, 0.25) is 6.71 Å². The van der Waals surface area contributed by atoms with Crippen LogP contribution in [-0.2, 0) is 0 Å². The Hall–Kier alpha value is -2.52. The van der Waals surface area contributed by atoms with Crippen molar-refractivity contribution in [3.05, 3.63) is 77.4 Å². The van der Waals surface area contributed by atoms with Crippen LogP contribution in [0.25, 0.3) is 0 Å². The van der Waals surface area contributed by atoms with Crippen LogP contribution in [0.15, 0.2) is 60.7 Å². The fourth-order valence-electron chi connectivity index (χ4n) is 5.23. The Bertz CT molecular complexity index is 1040. The van der Waals surface area contributed by atoms with Crippen LogP contribution in [0.3, 0.4) is 0 Å². The number of hydrogen-bond acceptors (Lipinski definition) is 2. The molecule has 0 saturated carbocycles. The van der Waals surface area contributed by atoms with Crippen molar-refractivity contribution in [2.45, 2.75) is 59.3 Å². The highest BCUT2D eigenvalue weighted by atomic mass is 15.6. The predicted molar refractivity (Wildman–Crippen MR) is 142 cm³/mol. The minimum Gasteiger partial charge on any atom is -0.276 e. The average molecular weight is 424 g/mol.